The van der Waals surface area contributed by atoms with E-state index in [0.29, 0.717) is 0 Å². The average Bonchev–Trinajstić information content (AvgIpc) is 1.72. The molecule has 0 saturated heterocycles. The summed E-state index contributed by atoms with van der Waals surface area (Å²) >= 11 is 1.58. The Hall–Kier alpha value is -0.430. The molecule has 0 saturated carbocycles. The minimum absolute atomic E-state index is 1.58. The smallest absolute Gasteiger partial charge is 0.0515 e. The van der Waals surface area contributed by atoms with Crippen LogP contribution < -0.4 is 0 Å². The maximum absolute atomic E-state index is 2.93. The van der Waals surface area contributed by atoms with Crippen molar-refractivity contribution in [1.82, 2.24) is 0 Å². The monoisotopic (exact) mass is 96.0 g/mol. The molecule has 0 atom stereocenters. The fourth-order valence-electron chi connectivity index (χ4n) is 0.258. The summed E-state index contributed by atoms with van der Waals surface area (Å²) in [6.45, 7) is 0. The lowest BCUT2D eigenvalue weighted by Crippen LogP contribution is -1.43. The van der Waals surface area contributed by atoms with Gasteiger partial charge in [-0.15, -0.1) is 0 Å². The summed E-state index contributed by atoms with van der Waals surface area (Å²) in [5, 5.41) is 4.92. The van der Waals surface area contributed by atoms with Crippen molar-refractivity contribution in [2.75, 3.05) is 0 Å². The van der Waals surface area contributed by atoms with Crippen LogP contribution in [0.4, 0.5) is 0 Å². The molecule has 0 unspecified atom stereocenters. The van der Waals surface area contributed by atoms with Gasteiger partial charge in [0.2, 0.25) is 11.3 Å². The highest BCUT2D eigenvalue weighted by Crippen LogP contribution is 1.88. The summed E-state index contributed by atoms with van der Waals surface area (Å²) in [5.74, 6) is 0. The number of hydrogen-bond acceptors (Lipinski definition) is 0. The first-order chi connectivity index (χ1) is 3.00. The van der Waals surface area contributed by atoms with Crippen LogP contribution in [0.3, 0.4) is 0 Å². The summed E-state index contributed by atoms with van der Waals surface area (Å²) in [7, 11) is 0. The third-order valence-corrected chi connectivity index (χ3v) is 1.06. The van der Waals surface area contributed by atoms with Gasteiger partial charge in [-0.1, -0.05) is 6.07 Å². The Morgan fingerprint density at radius 1 is 1.33 bits per heavy atom. The third kappa shape index (κ3) is 0.760. The first-order valence-electron chi connectivity index (χ1n) is 1.73. The van der Waals surface area contributed by atoms with E-state index < -0.39 is 0 Å². The van der Waals surface area contributed by atoms with Crippen molar-refractivity contribution in [3.8, 4) is 0 Å². The fraction of sp³-hybridized carbons (Fsp3) is 0. The first kappa shape index (κ1) is 3.75. The summed E-state index contributed by atoms with van der Waals surface area (Å²) < 4.78 is 0. The van der Waals surface area contributed by atoms with E-state index in [1.54, 1.807) is 11.3 Å². The van der Waals surface area contributed by atoms with E-state index in [0.717, 1.165) is 0 Å². The minimum atomic E-state index is 1.58. The Labute approximate surface area is 41.1 Å². The van der Waals surface area contributed by atoms with Gasteiger partial charge >= 0.3 is 0 Å². The molecule has 0 bridgehead atoms. The van der Waals surface area contributed by atoms with Crippen LogP contribution in [-0.2, 0) is 0 Å². The maximum Gasteiger partial charge on any atom is 0.295 e. The van der Waals surface area contributed by atoms with Crippen molar-refractivity contribution in [3.05, 3.63) is 29.0 Å². The highest BCUT2D eigenvalue weighted by atomic mass is 32.1. The molecule has 1 aromatic rings. The molecule has 1 radical (unpaired) electrons. The van der Waals surface area contributed by atoms with Gasteiger partial charge < -0.3 is 0 Å². The summed E-state index contributed by atoms with van der Waals surface area (Å²) in [4.78, 5) is 0. The van der Waals surface area contributed by atoms with Crippen LogP contribution in [0.5, 0.6) is 0 Å². The largest absolute Gasteiger partial charge is 0.295 e. The molecule has 0 fully saturated rings. The van der Waals surface area contributed by atoms with Crippen LogP contribution in [0.15, 0.2) is 23.6 Å². The van der Waals surface area contributed by atoms with Gasteiger partial charge in [-0.2, -0.15) is 0 Å². The summed E-state index contributed by atoms with van der Waals surface area (Å²) in [6.07, 6.45) is 0. The maximum atomic E-state index is 2.93. The summed E-state index contributed by atoms with van der Waals surface area (Å²) in [6, 6.07) is 5.84. The van der Waals surface area contributed by atoms with Crippen LogP contribution in [0.2, 0.25) is 0 Å². The second-order valence-electron chi connectivity index (χ2n) is 0.923. The molecular formula is C5H4S+. The van der Waals surface area contributed by atoms with Gasteiger partial charge in [-0.25, -0.2) is 0 Å². The van der Waals surface area contributed by atoms with E-state index in [9.17, 15) is 0 Å². The van der Waals surface area contributed by atoms with Crippen molar-refractivity contribution in [3.63, 3.8) is 0 Å². The van der Waals surface area contributed by atoms with E-state index in [4.69, 9.17) is 0 Å². The van der Waals surface area contributed by atoms with E-state index in [2.05, 4.69) is 5.38 Å². The Bertz CT molecular complexity index is 75.9. The topological polar surface area (TPSA) is 0 Å². The first-order valence-corrected chi connectivity index (χ1v) is 2.61. The Morgan fingerprint density at radius 3 is 2.50 bits per heavy atom. The van der Waals surface area contributed by atoms with Crippen LogP contribution in [0.1, 0.15) is 0 Å². The molecule has 0 aromatic carbocycles. The highest BCUT2D eigenvalue weighted by molar-refractivity contribution is 7.07. The molecule has 1 aromatic heterocycles. The Morgan fingerprint density at radius 2 is 2.33 bits per heavy atom. The molecule has 6 heavy (non-hydrogen) atoms. The number of rotatable bonds is 0. The van der Waals surface area contributed by atoms with Gasteiger partial charge in [0.15, 0.2) is 5.38 Å². The van der Waals surface area contributed by atoms with Crippen molar-refractivity contribution in [2.45, 2.75) is 0 Å². The average molecular weight is 96.2 g/mol. The lowest BCUT2D eigenvalue weighted by atomic mass is 10.6. The quantitative estimate of drug-likeness (QED) is 0.432. The molecule has 29 valence electrons. The standard InChI is InChI=1S/C5H4S/c1-2-4-6-5-3-1/h1-4H/q+1. The Kier molecular flexibility index (Phi) is 1.17. The van der Waals surface area contributed by atoms with Gasteiger partial charge in [0, 0.05) is 6.07 Å². The van der Waals surface area contributed by atoms with Crippen molar-refractivity contribution in [2.24, 2.45) is 0 Å². The van der Waals surface area contributed by atoms with Crippen LogP contribution >= 0.6 is 11.3 Å². The van der Waals surface area contributed by atoms with Crippen molar-refractivity contribution < 1.29 is 0 Å². The lowest BCUT2D eigenvalue weighted by Gasteiger charge is -1.54. The van der Waals surface area contributed by atoms with E-state index in [-0.39, 0.29) is 0 Å². The van der Waals surface area contributed by atoms with Crippen molar-refractivity contribution in [1.29, 1.82) is 0 Å². The molecule has 0 aliphatic heterocycles. The van der Waals surface area contributed by atoms with Gasteiger partial charge in [-0.05, 0) is 6.07 Å². The van der Waals surface area contributed by atoms with Gasteiger partial charge in [0.1, 0.15) is 0 Å². The SMILES string of the molecule is [c]1cccc[s+]1. The lowest BCUT2D eigenvalue weighted by molar-refractivity contribution is 1.87. The molecule has 1 heterocycles. The predicted octanol–water partition coefficient (Wildman–Crippen LogP) is 1.83. The molecule has 0 aliphatic carbocycles. The molecule has 1 heteroatoms. The third-order valence-electron chi connectivity index (χ3n) is 0.490. The summed E-state index contributed by atoms with van der Waals surface area (Å²) in [5.41, 5.74) is 0. The fourth-order valence-corrected chi connectivity index (χ4v) is 0.663. The molecule has 1 rings (SSSR count). The zero-order valence-electron chi connectivity index (χ0n) is 3.22. The second kappa shape index (κ2) is 1.88. The molecule has 0 amide bonds. The van der Waals surface area contributed by atoms with E-state index >= 15 is 0 Å². The molecule has 0 nitrogen and oxygen atoms in total. The van der Waals surface area contributed by atoms with Gasteiger partial charge in [0.05, 0.1) is 0 Å². The second-order valence-corrected chi connectivity index (χ2v) is 1.67. The number of hydrogen-bond donors (Lipinski definition) is 0. The highest BCUT2D eigenvalue weighted by Gasteiger charge is 1.77. The predicted molar refractivity (Wildman–Crippen MR) is 27.6 cm³/mol. The van der Waals surface area contributed by atoms with E-state index in [1.807, 2.05) is 23.6 Å². The molecular weight excluding hydrogens is 92.1 g/mol. The van der Waals surface area contributed by atoms with Crippen LogP contribution in [-0.4, -0.2) is 0 Å². The van der Waals surface area contributed by atoms with Crippen molar-refractivity contribution >= 4 is 11.3 Å². The Balaban J connectivity index is 3.00. The van der Waals surface area contributed by atoms with E-state index in [1.165, 1.54) is 0 Å². The van der Waals surface area contributed by atoms with Crippen LogP contribution in [0.25, 0.3) is 0 Å². The normalized spacial score (nSPS) is 8.00. The minimum Gasteiger partial charge on any atom is -0.0515 e. The van der Waals surface area contributed by atoms with Crippen LogP contribution in [0, 0.1) is 5.38 Å². The zero-order valence-corrected chi connectivity index (χ0v) is 4.03. The zero-order chi connectivity index (χ0) is 4.24. The van der Waals surface area contributed by atoms with Gasteiger partial charge in [-0.3, -0.25) is 0 Å². The molecule has 0 spiro atoms. The molecule has 0 N–H and O–H groups in total. The van der Waals surface area contributed by atoms with Gasteiger partial charge in [0.25, 0.3) is 5.38 Å². The molecule has 0 aliphatic rings.